The fraction of sp³-hybridized carbons (Fsp3) is 0.500. The second-order valence-electron chi connectivity index (χ2n) is 3.94. The van der Waals surface area contributed by atoms with Crippen molar-refractivity contribution in [3.05, 3.63) is 36.7 Å². The molecule has 0 atom stereocenters. The topological polar surface area (TPSA) is 34.1 Å². The number of pyridine rings is 1. The number of ether oxygens (including phenoxy) is 1. The van der Waals surface area contributed by atoms with Crippen LogP contribution in [0.15, 0.2) is 31.0 Å². The molecule has 0 saturated carbocycles. The van der Waals surface area contributed by atoms with E-state index in [9.17, 15) is 0 Å². The summed E-state index contributed by atoms with van der Waals surface area (Å²) in [7, 11) is 0. The molecule has 0 amide bonds. The number of allylic oxidation sites excluding steroid dienone is 1. The minimum Gasteiger partial charge on any atom is -0.492 e. The summed E-state index contributed by atoms with van der Waals surface area (Å²) in [6, 6.07) is 3.98. The number of aromatic nitrogens is 1. The molecule has 1 N–H and O–H groups in total. The monoisotopic (exact) mass is 234 g/mol. The van der Waals surface area contributed by atoms with E-state index in [2.05, 4.69) is 23.8 Å². The Morgan fingerprint density at radius 1 is 1.47 bits per heavy atom. The van der Waals surface area contributed by atoms with Crippen LogP contribution in [-0.4, -0.2) is 18.1 Å². The number of nitrogens with one attached hydrogen (secondary N) is 1. The molecule has 1 rings (SSSR count). The molecule has 0 aliphatic rings. The van der Waals surface area contributed by atoms with Gasteiger partial charge in [-0.2, -0.15) is 0 Å². The van der Waals surface area contributed by atoms with E-state index in [1.165, 1.54) is 0 Å². The maximum Gasteiger partial charge on any atom is 0.137 e. The molecule has 3 nitrogen and oxygen atoms in total. The maximum absolute atomic E-state index is 5.56. The quantitative estimate of drug-likeness (QED) is 0.527. The number of hydrogen-bond acceptors (Lipinski definition) is 3. The van der Waals surface area contributed by atoms with Crippen molar-refractivity contribution < 1.29 is 4.74 Å². The third kappa shape index (κ3) is 6.07. The van der Waals surface area contributed by atoms with Crippen molar-refractivity contribution in [1.82, 2.24) is 10.3 Å². The largest absolute Gasteiger partial charge is 0.492 e. The van der Waals surface area contributed by atoms with E-state index < -0.39 is 0 Å². The van der Waals surface area contributed by atoms with Gasteiger partial charge in [0.15, 0.2) is 0 Å². The molecular formula is C14H22N2O. The summed E-state index contributed by atoms with van der Waals surface area (Å²) in [5, 5.41) is 3.32. The Bertz CT molecular complexity index is 309. The average molecular weight is 234 g/mol. The first kappa shape index (κ1) is 13.7. The van der Waals surface area contributed by atoms with E-state index >= 15 is 0 Å². The molecule has 0 aromatic carbocycles. The summed E-state index contributed by atoms with van der Waals surface area (Å²) in [5.74, 6) is 0.841. The summed E-state index contributed by atoms with van der Waals surface area (Å²) >= 11 is 0. The van der Waals surface area contributed by atoms with Gasteiger partial charge < -0.3 is 10.1 Å². The molecule has 0 unspecified atom stereocenters. The summed E-state index contributed by atoms with van der Waals surface area (Å²) in [6.07, 6.45) is 6.83. The molecule has 94 valence electrons. The highest BCUT2D eigenvalue weighted by atomic mass is 16.5. The van der Waals surface area contributed by atoms with Crippen molar-refractivity contribution in [3.63, 3.8) is 0 Å². The smallest absolute Gasteiger partial charge is 0.137 e. The van der Waals surface area contributed by atoms with Crippen LogP contribution in [-0.2, 0) is 6.54 Å². The second kappa shape index (κ2) is 8.76. The van der Waals surface area contributed by atoms with Gasteiger partial charge >= 0.3 is 0 Å². The fourth-order valence-electron chi connectivity index (χ4n) is 1.41. The molecule has 1 aromatic heterocycles. The normalized spacial score (nSPS) is 10.2. The lowest BCUT2D eigenvalue weighted by Crippen LogP contribution is -2.14. The van der Waals surface area contributed by atoms with Gasteiger partial charge in [0.1, 0.15) is 5.75 Å². The van der Waals surface area contributed by atoms with Crippen LogP contribution < -0.4 is 10.1 Å². The molecule has 17 heavy (non-hydrogen) atoms. The van der Waals surface area contributed by atoms with Gasteiger partial charge in [0.2, 0.25) is 0 Å². The van der Waals surface area contributed by atoms with Gasteiger partial charge in [-0.15, -0.1) is 6.58 Å². The molecule has 0 fully saturated rings. The van der Waals surface area contributed by atoms with Gasteiger partial charge in [-0.3, -0.25) is 4.98 Å². The first-order valence-electron chi connectivity index (χ1n) is 6.26. The molecule has 1 heterocycles. The third-order valence-electron chi connectivity index (χ3n) is 2.35. The molecule has 0 bridgehead atoms. The number of rotatable bonds is 9. The molecule has 0 aliphatic heterocycles. The summed E-state index contributed by atoms with van der Waals surface area (Å²) in [4.78, 5) is 4.34. The van der Waals surface area contributed by atoms with Gasteiger partial charge in [0.05, 0.1) is 18.5 Å². The fourth-order valence-corrected chi connectivity index (χ4v) is 1.41. The predicted octanol–water partition coefficient (Wildman–Crippen LogP) is 2.93. The Kier molecular flexibility index (Phi) is 7.07. The van der Waals surface area contributed by atoms with Crippen LogP contribution in [0, 0.1) is 0 Å². The van der Waals surface area contributed by atoms with Crippen LogP contribution in [0.2, 0.25) is 0 Å². The second-order valence-corrected chi connectivity index (χ2v) is 3.94. The van der Waals surface area contributed by atoms with Crippen molar-refractivity contribution >= 4 is 0 Å². The van der Waals surface area contributed by atoms with Crippen LogP contribution in [0.25, 0.3) is 0 Å². The van der Waals surface area contributed by atoms with E-state index in [-0.39, 0.29) is 0 Å². The molecule has 1 aromatic rings. The van der Waals surface area contributed by atoms with E-state index in [1.807, 2.05) is 18.2 Å². The van der Waals surface area contributed by atoms with Crippen molar-refractivity contribution in [2.45, 2.75) is 32.7 Å². The van der Waals surface area contributed by atoms with Crippen LogP contribution in [0.1, 0.15) is 31.9 Å². The van der Waals surface area contributed by atoms with Gasteiger partial charge in [-0.25, -0.2) is 0 Å². The lowest BCUT2D eigenvalue weighted by Gasteiger charge is -2.06. The maximum atomic E-state index is 5.56. The lowest BCUT2D eigenvalue weighted by molar-refractivity contribution is 0.310. The molecular weight excluding hydrogens is 212 g/mol. The highest BCUT2D eigenvalue weighted by molar-refractivity contribution is 5.19. The first-order valence-corrected chi connectivity index (χ1v) is 6.26. The van der Waals surface area contributed by atoms with E-state index in [0.717, 1.165) is 50.4 Å². The highest BCUT2D eigenvalue weighted by Gasteiger charge is 1.96. The zero-order valence-electron chi connectivity index (χ0n) is 10.6. The van der Waals surface area contributed by atoms with E-state index in [0.29, 0.717) is 0 Å². The number of nitrogens with zero attached hydrogens (tertiary/aromatic N) is 1. The minimum atomic E-state index is 0.723. The SMILES string of the molecule is C=CCCCOc1ccc(CNCCC)nc1. The van der Waals surface area contributed by atoms with Gasteiger partial charge in [0, 0.05) is 6.54 Å². The molecule has 0 spiro atoms. The van der Waals surface area contributed by atoms with E-state index in [4.69, 9.17) is 4.74 Å². The number of hydrogen-bond donors (Lipinski definition) is 1. The zero-order valence-corrected chi connectivity index (χ0v) is 10.6. The zero-order chi connectivity index (χ0) is 12.3. The Morgan fingerprint density at radius 2 is 2.35 bits per heavy atom. The molecule has 0 saturated heterocycles. The summed E-state index contributed by atoms with van der Waals surface area (Å²) < 4.78 is 5.56. The Hall–Kier alpha value is -1.35. The molecule has 0 aliphatic carbocycles. The van der Waals surface area contributed by atoms with Gasteiger partial charge in [0.25, 0.3) is 0 Å². The van der Waals surface area contributed by atoms with E-state index in [1.54, 1.807) is 6.20 Å². The van der Waals surface area contributed by atoms with Gasteiger partial charge in [-0.1, -0.05) is 13.0 Å². The summed E-state index contributed by atoms with van der Waals surface area (Å²) in [5.41, 5.74) is 1.05. The summed E-state index contributed by atoms with van der Waals surface area (Å²) in [6.45, 7) is 8.41. The minimum absolute atomic E-state index is 0.723. The Morgan fingerprint density at radius 3 is 3.00 bits per heavy atom. The van der Waals surface area contributed by atoms with Crippen molar-refractivity contribution in [3.8, 4) is 5.75 Å². The average Bonchev–Trinajstić information content (AvgIpc) is 2.37. The third-order valence-corrected chi connectivity index (χ3v) is 2.35. The Balaban J connectivity index is 2.26. The van der Waals surface area contributed by atoms with Crippen LogP contribution >= 0.6 is 0 Å². The highest BCUT2D eigenvalue weighted by Crippen LogP contribution is 2.09. The van der Waals surface area contributed by atoms with Crippen LogP contribution in [0.5, 0.6) is 5.75 Å². The van der Waals surface area contributed by atoms with Gasteiger partial charge in [-0.05, 0) is 37.9 Å². The van der Waals surface area contributed by atoms with Crippen LogP contribution in [0.4, 0.5) is 0 Å². The van der Waals surface area contributed by atoms with Crippen molar-refractivity contribution in [1.29, 1.82) is 0 Å². The molecule has 3 heteroatoms. The number of unbranched alkanes of at least 4 members (excludes halogenated alkanes) is 1. The standard InChI is InChI=1S/C14H22N2O/c1-3-5-6-10-17-14-8-7-13(16-12-14)11-15-9-4-2/h3,7-8,12,15H,1,4-6,9-11H2,2H3. The Labute approximate surface area is 104 Å². The molecule has 0 radical (unpaired) electrons. The lowest BCUT2D eigenvalue weighted by atomic mass is 10.3. The van der Waals surface area contributed by atoms with Crippen LogP contribution in [0.3, 0.4) is 0 Å². The first-order chi connectivity index (χ1) is 8.36. The predicted molar refractivity (Wildman–Crippen MR) is 71.2 cm³/mol. The van der Waals surface area contributed by atoms with Crippen molar-refractivity contribution in [2.24, 2.45) is 0 Å². The van der Waals surface area contributed by atoms with Crippen molar-refractivity contribution in [2.75, 3.05) is 13.2 Å².